The molecule has 1 unspecified atom stereocenters. The van der Waals surface area contributed by atoms with Gasteiger partial charge in [-0.3, -0.25) is 4.79 Å². The molecule has 4 aliphatic rings. The number of carbonyl (C=O) groups is 1. The van der Waals surface area contributed by atoms with Crippen LogP contribution in [0, 0.1) is 57.7 Å². The summed E-state index contributed by atoms with van der Waals surface area (Å²) in [6.07, 6.45) is 8.96. The zero-order valence-corrected chi connectivity index (χ0v) is 21.9. The van der Waals surface area contributed by atoms with Crippen LogP contribution in [0.4, 0.5) is 0 Å². The van der Waals surface area contributed by atoms with Crippen molar-refractivity contribution in [2.24, 2.45) is 57.7 Å². The molecule has 0 spiro atoms. The van der Waals surface area contributed by atoms with Crippen LogP contribution in [0.15, 0.2) is 0 Å². The summed E-state index contributed by atoms with van der Waals surface area (Å²) in [5.41, 5.74) is -0.117. The average Bonchev–Trinajstić information content (AvgIpc) is 3.06. The van der Waals surface area contributed by atoms with Gasteiger partial charge in [0.15, 0.2) is 0 Å². The first-order valence-electron chi connectivity index (χ1n) is 13.7. The van der Waals surface area contributed by atoms with Gasteiger partial charge in [-0.1, -0.05) is 54.9 Å². The Hall–Kier alpha value is -0.410. The van der Waals surface area contributed by atoms with Crippen molar-refractivity contribution >= 4 is 5.78 Å². The van der Waals surface area contributed by atoms with Crippen LogP contribution < -0.4 is 0 Å². The zero-order valence-electron chi connectivity index (χ0n) is 21.9. The van der Waals surface area contributed by atoms with E-state index in [1.165, 1.54) is 19.3 Å². The minimum absolute atomic E-state index is 0.127. The third kappa shape index (κ3) is 3.82. The summed E-state index contributed by atoms with van der Waals surface area (Å²) in [6.45, 7) is 15.6. The van der Waals surface area contributed by atoms with Crippen molar-refractivity contribution in [2.45, 2.75) is 118 Å². The molecule has 0 aliphatic heterocycles. The Morgan fingerprint density at radius 3 is 2.38 bits per heavy atom. The molecule has 0 amide bonds. The molecule has 4 aliphatic carbocycles. The molecule has 0 aromatic heterocycles. The van der Waals surface area contributed by atoms with E-state index in [4.69, 9.17) is 0 Å². The second-order valence-corrected chi connectivity index (χ2v) is 14.2. The van der Waals surface area contributed by atoms with Gasteiger partial charge in [0, 0.05) is 11.8 Å². The highest BCUT2D eigenvalue weighted by Gasteiger charge is 2.65. The molecule has 3 nitrogen and oxygen atoms in total. The standard InChI is InChI=1S/C29H50O3/c1-17-12-13-28(6)19(14-17)15-23(30)26-21-10-9-20(29(21,7)25(32)16-22(26)28)18(2)8-11-24(31)27(3,4)5/h17-23,25-26,30,32H,8-16H2,1-7H3/t17-,18?,19+,20-,21+,22+,23-,25+,26+,28+,29-/m1/s1. The second kappa shape index (κ2) is 8.36. The van der Waals surface area contributed by atoms with Gasteiger partial charge in [-0.25, -0.2) is 0 Å². The predicted octanol–water partition coefficient (Wildman–Crippen LogP) is 6.25. The van der Waals surface area contributed by atoms with Crippen molar-refractivity contribution in [1.82, 2.24) is 0 Å². The number of hydrogen-bond acceptors (Lipinski definition) is 3. The monoisotopic (exact) mass is 446 g/mol. The molecule has 184 valence electrons. The zero-order chi connectivity index (χ0) is 23.6. The summed E-state index contributed by atoms with van der Waals surface area (Å²) in [5, 5.41) is 23.2. The van der Waals surface area contributed by atoms with Gasteiger partial charge in [-0.2, -0.15) is 0 Å². The Labute approximate surface area is 197 Å². The minimum atomic E-state index is -0.288. The van der Waals surface area contributed by atoms with Gasteiger partial charge in [-0.05, 0) is 97.2 Å². The molecule has 0 saturated heterocycles. The SMILES string of the molecule is CC(CCC(=O)C(C)(C)C)[C@H]1CC[C@H]2[C@@H]3[C@H](O)C[C@@H]4C[C@H](C)CC[C@]4(C)[C@H]3C[C@H](O)[C@]12C. The summed E-state index contributed by atoms with van der Waals surface area (Å²) in [4.78, 5) is 12.6. The lowest BCUT2D eigenvalue weighted by Crippen LogP contribution is -2.62. The number of ketones is 1. The third-order valence-electron chi connectivity index (χ3n) is 11.5. The largest absolute Gasteiger partial charge is 0.393 e. The number of aliphatic hydroxyl groups excluding tert-OH is 2. The minimum Gasteiger partial charge on any atom is -0.393 e. The maximum atomic E-state index is 12.6. The first-order valence-corrected chi connectivity index (χ1v) is 13.7. The molecular formula is C29H50O3. The molecule has 0 aromatic carbocycles. The van der Waals surface area contributed by atoms with Crippen LogP contribution in [0.25, 0.3) is 0 Å². The fourth-order valence-corrected chi connectivity index (χ4v) is 9.30. The van der Waals surface area contributed by atoms with Gasteiger partial charge in [0.2, 0.25) is 0 Å². The molecular weight excluding hydrogens is 396 g/mol. The smallest absolute Gasteiger partial charge is 0.138 e. The lowest BCUT2D eigenvalue weighted by atomic mass is 9.42. The summed E-state index contributed by atoms with van der Waals surface area (Å²) in [6, 6.07) is 0. The molecule has 11 atom stereocenters. The number of rotatable bonds is 4. The number of carbonyl (C=O) groups excluding carboxylic acids is 1. The Bertz CT molecular complexity index is 710. The van der Waals surface area contributed by atoms with E-state index < -0.39 is 0 Å². The van der Waals surface area contributed by atoms with Crippen LogP contribution in [0.2, 0.25) is 0 Å². The summed E-state index contributed by atoms with van der Waals surface area (Å²) in [7, 11) is 0. The van der Waals surface area contributed by atoms with E-state index in [1.54, 1.807) is 0 Å². The van der Waals surface area contributed by atoms with Crippen LogP contribution in [-0.4, -0.2) is 28.2 Å². The highest BCUT2D eigenvalue weighted by atomic mass is 16.3. The summed E-state index contributed by atoms with van der Waals surface area (Å²) >= 11 is 0. The molecule has 0 heterocycles. The Morgan fingerprint density at radius 2 is 1.72 bits per heavy atom. The van der Waals surface area contributed by atoms with Crippen molar-refractivity contribution in [1.29, 1.82) is 0 Å². The molecule has 32 heavy (non-hydrogen) atoms. The average molecular weight is 447 g/mol. The normalized spacial score (nSPS) is 49.7. The lowest BCUT2D eigenvalue weighted by molar-refractivity contribution is -0.203. The molecule has 0 radical (unpaired) electrons. The van der Waals surface area contributed by atoms with Crippen LogP contribution in [-0.2, 0) is 4.79 Å². The van der Waals surface area contributed by atoms with Gasteiger partial charge in [-0.15, -0.1) is 0 Å². The Kier molecular flexibility index (Phi) is 6.46. The van der Waals surface area contributed by atoms with E-state index in [0.717, 1.165) is 38.0 Å². The number of Topliss-reactive ketones (excluding diaryl/α,β-unsaturated/α-hetero) is 1. The fourth-order valence-electron chi connectivity index (χ4n) is 9.30. The lowest BCUT2D eigenvalue weighted by Gasteiger charge is -2.63. The molecule has 4 rings (SSSR count). The van der Waals surface area contributed by atoms with E-state index in [9.17, 15) is 15.0 Å². The van der Waals surface area contributed by atoms with E-state index >= 15 is 0 Å². The van der Waals surface area contributed by atoms with Gasteiger partial charge < -0.3 is 10.2 Å². The van der Waals surface area contributed by atoms with Crippen LogP contribution >= 0.6 is 0 Å². The molecule has 0 aromatic rings. The molecule has 0 bridgehead atoms. The van der Waals surface area contributed by atoms with Gasteiger partial charge in [0.05, 0.1) is 12.2 Å². The van der Waals surface area contributed by atoms with E-state index in [1.807, 2.05) is 20.8 Å². The third-order valence-corrected chi connectivity index (χ3v) is 11.5. The van der Waals surface area contributed by atoms with Gasteiger partial charge in [0.25, 0.3) is 0 Å². The van der Waals surface area contributed by atoms with E-state index in [0.29, 0.717) is 47.7 Å². The van der Waals surface area contributed by atoms with Gasteiger partial charge >= 0.3 is 0 Å². The van der Waals surface area contributed by atoms with Crippen LogP contribution in [0.1, 0.15) is 106 Å². The predicted molar refractivity (Wildman–Crippen MR) is 130 cm³/mol. The highest BCUT2D eigenvalue weighted by Crippen LogP contribution is 2.68. The maximum absolute atomic E-state index is 12.6. The number of fused-ring (bicyclic) bond motifs is 5. The Balaban J connectivity index is 1.55. The van der Waals surface area contributed by atoms with Crippen molar-refractivity contribution < 1.29 is 15.0 Å². The summed E-state index contributed by atoms with van der Waals surface area (Å²) < 4.78 is 0. The molecule has 2 N–H and O–H groups in total. The van der Waals surface area contributed by atoms with Crippen molar-refractivity contribution in [3.8, 4) is 0 Å². The quantitative estimate of drug-likeness (QED) is 0.536. The Morgan fingerprint density at radius 1 is 1.03 bits per heavy atom. The van der Waals surface area contributed by atoms with E-state index in [-0.39, 0.29) is 28.5 Å². The molecule has 4 fully saturated rings. The van der Waals surface area contributed by atoms with Crippen molar-refractivity contribution in [3.63, 3.8) is 0 Å². The maximum Gasteiger partial charge on any atom is 0.138 e. The van der Waals surface area contributed by atoms with Crippen LogP contribution in [0.5, 0.6) is 0 Å². The topological polar surface area (TPSA) is 57.5 Å². The molecule has 4 saturated carbocycles. The molecule has 3 heteroatoms. The first-order chi connectivity index (χ1) is 14.8. The van der Waals surface area contributed by atoms with Crippen LogP contribution in [0.3, 0.4) is 0 Å². The second-order valence-electron chi connectivity index (χ2n) is 14.2. The number of aliphatic hydroxyl groups is 2. The van der Waals surface area contributed by atoms with Gasteiger partial charge in [0.1, 0.15) is 5.78 Å². The highest BCUT2D eigenvalue weighted by molar-refractivity contribution is 5.83. The van der Waals surface area contributed by atoms with Crippen molar-refractivity contribution in [3.05, 3.63) is 0 Å². The van der Waals surface area contributed by atoms with Crippen molar-refractivity contribution in [2.75, 3.05) is 0 Å². The fraction of sp³-hybridized carbons (Fsp3) is 0.966. The number of hydrogen-bond donors (Lipinski definition) is 2. The van der Waals surface area contributed by atoms with E-state index in [2.05, 4.69) is 27.7 Å². The summed E-state index contributed by atoms with van der Waals surface area (Å²) in [5.74, 6) is 3.81. The first kappa shape index (κ1) is 24.7.